The van der Waals surface area contributed by atoms with Crippen molar-refractivity contribution in [1.29, 1.82) is 0 Å². The zero-order valence-corrected chi connectivity index (χ0v) is 21.2. The summed E-state index contributed by atoms with van der Waals surface area (Å²) in [6.45, 7) is 6.46. The monoisotopic (exact) mass is 513 g/mol. The molecule has 0 saturated carbocycles. The van der Waals surface area contributed by atoms with Crippen molar-refractivity contribution >= 4 is 40.3 Å². The lowest BCUT2D eigenvalue weighted by Crippen LogP contribution is -2.27. The summed E-state index contributed by atoms with van der Waals surface area (Å²) >= 11 is 6.79. The molecule has 0 bridgehead atoms. The fourth-order valence-corrected chi connectivity index (χ4v) is 5.14. The average molecular weight is 514 g/mol. The predicted molar refractivity (Wildman–Crippen MR) is 147 cm³/mol. The van der Waals surface area contributed by atoms with Crippen LogP contribution in [-0.2, 0) is 11.3 Å². The largest absolute Gasteiger partial charge is 0.490 e. The van der Waals surface area contributed by atoms with Crippen molar-refractivity contribution in [3.8, 4) is 22.7 Å². The Labute approximate surface area is 218 Å². The molecule has 3 heterocycles. The molecule has 0 spiro atoms. The van der Waals surface area contributed by atoms with E-state index in [2.05, 4.69) is 6.58 Å². The lowest BCUT2D eigenvalue weighted by molar-refractivity contribution is -0.122. The number of thioether (sulfide) groups is 1. The summed E-state index contributed by atoms with van der Waals surface area (Å²) in [5.74, 6) is 1.29. The molecule has 0 N–H and O–H groups in total. The minimum Gasteiger partial charge on any atom is -0.490 e. The number of aromatic nitrogens is 2. The lowest BCUT2D eigenvalue weighted by atomic mass is 10.0. The molecule has 1 amide bonds. The van der Waals surface area contributed by atoms with Crippen molar-refractivity contribution in [1.82, 2.24) is 14.7 Å². The third-order valence-corrected chi connectivity index (χ3v) is 7.02. The first-order valence-corrected chi connectivity index (χ1v) is 12.5. The molecule has 1 aliphatic heterocycles. The van der Waals surface area contributed by atoms with Crippen molar-refractivity contribution in [2.45, 2.75) is 13.5 Å². The number of hydrogen-bond acceptors (Lipinski definition) is 6. The molecule has 2 aromatic carbocycles. The Hall–Kier alpha value is -3.88. The quantitative estimate of drug-likeness (QED) is 0.154. The second-order valence-corrected chi connectivity index (χ2v) is 9.81. The number of carbonyl (C=O) groups excluding carboxylic acids is 1. The van der Waals surface area contributed by atoms with Gasteiger partial charge in [0.15, 0.2) is 0 Å². The molecule has 1 fully saturated rings. The van der Waals surface area contributed by atoms with Crippen LogP contribution in [0, 0.1) is 6.92 Å². The van der Waals surface area contributed by atoms with E-state index in [-0.39, 0.29) is 5.91 Å². The standard InChI is InChI=1S/C28H23N3O3S2/c1-3-13-33-22-11-12-24(19(2)15-22)26-20(17-31(29-26)21-8-5-4-6-9-21)16-25-27(32)30(28(35)36-25)18-23-10-7-14-34-23/h3-12,14-17H,1,13,18H2,2H3. The van der Waals surface area contributed by atoms with E-state index in [9.17, 15) is 4.79 Å². The van der Waals surface area contributed by atoms with Crippen molar-refractivity contribution in [3.05, 3.63) is 108 Å². The average Bonchev–Trinajstić information content (AvgIpc) is 3.61. The van der Waals surface area contributed by atoms with Gasteiger partial charge in [-0.25, -0.2) is 4.68 Å². The molecule has 36 heavy (non-hydrogen) atoms. The van der Waals surface area contributed by atoms with Gasteiger partial charge in [-0.2, -0.15) is 5.10 Å². The van der Waals surface area contributed by atoms with E-state index in [0.717, 1.165) is 33.8 Å². The SMILES string of the molecule is C=CCOc1ccc(-c2nn(-c3ccccc3)cc2C=C2SC(=S)N(Cc3ccco3)C2=O)c(C)c1. The molecule has 0 unspecified atom stereocenters. The first-order valence-electron chi connectivity index (χ1n) is 11.3. The Kier molecular flexibility index (Phi) is 6.88. The molecule has 8 heteroatoms. The van der Waals surface area contributed by atoms with Crippen LogP contribution in [0.1, 0.15) is 16.9 Å². The smallest absolute Gasteiger partial charge is 0.266 e. The first-order chi connectivity index (χ1) is 17.5. The maximum Gasteiger partial charge on any atom is 0.266 e. The van der Waals surface area contributed by atoms with Gasteiger partial charge in [0.2, 0.25) is 0 Å². The molecule has 1 saturated heterocycles. The Morgan fingerprint density at radius 3 is 2.72 bits per heavy atom. The summed E-state index contributed by atoms with van der Waals surface area (Å²) in [5.41, 5.74) is 4.47. The number of aryl methyl sites for hydroxylation is 1. The van der Waals surface area contributed by atoms with Crippen LogP contribution < -0.4 is 4.74 Å². The van der Waals surface area contributed by atoms with Gasteiger partial charge >= 0.3 is 0 Å². The number of nitrogens with zero attached hydrogens (tertiary/aromatic N) is 3. The van der Waals surface area contributed by atoms with Gasteiger partial charge in [0, 0.05) is 17.3 Å². The van der Waals surface area contributed by atoms with E-state index in [1.807, 2.05) is 78.5 Å². The summed E-state index contributed by atoms with van der Waals surface area (Å²) in [7, 11) is 0. The van der Waals surface area contributed by atoms with Gasteiger partial charge in [-0.3, -0.25) is 9.69 Å². The topological polar surface area (TPSA) is 60.5 Å². The third kappa shape index (κ3) is 4.91. The third-order valence-electron chi connectivity index (χ3n) is 5.64. The fraction of sp³-hybridized carbons (Fsp3) is 0.107. The molecular formula is C28H23N3O3S2. The van der Waals surface area contributed by atoms with E-state index in [4.69, 9.17) is 26.5 Å². The highest BCUT2D eigenvalue weighted by molar-refractivity contribution is 8.26. The highest BCUT2D eigenvalue weighted by Crippen LogP contribution is 2.36. The molecule has 180 valence electrons. The number of thiocarbonyl (C=S) groups is 1. The number of benzene rings is 2. The molecule has 1 aliphatic rings. The Morgan fingerprint density at radius 1 is 1.17 bits per heavy atom. The van der Waals surface area contributed by atoms with E-state index in [1.165, 1.54) is 11.8 Å². The van der Waals surface area contributed by atoms with E-state index >= 15 is 0 Å². The van der Waals surface area contributed by atoms with Crippen LogP contribution in [0.2, 0.25) is 0 Å². The molecule has 5 rings (SSSR count). The van der Waals surface area contributed by atoms with Gasteiger partial charge in [0.1, 0.15) is 28.1 Å². The Balaban J connectivity index is 1.54. The minimum atomic E-state index is -0.148. The summed E-state index contributed by atoms with van der Waals surface area (Å²) < 4.78 is 13.4. The van der Waals surface area contributed by atoms with Crippen LogP contribution in [-0.4, -0.2) is 31.5 Å². The van der Waals surface area contributed by atoms with Gasteiger partial charge in [-0.15, -0.1) is 0 Å². The first kappa shape index (κ1) is 23.8. The van der Waals surface area contributed by atoms with Crippen LogP contribution in [0.5, 0.6) is 5.75 Å². The molecule has 0 aliphatic carbocycles. The van der Waals surface area contributed by atoms with Crippen LogP contribution >= 0.6 is 24.0 Å². The molecule has 0 radical (unpaired) electrons. The molecule has 4 aromatic rings. The van der Waals surface area contributed by atoms with Gasteiger partial charge in [0.05, 0.1) is 23.4 Å². The highest BCUT2D eigenvalue weighted by atomic mass is 32.2. The van der Waals surface area contributed by atoms with Crippen molar-refractivity contribution in [3.63, 3.8) is 0 Å². The fourth-order valence-electron chi connectivity index (χ4n) is 3.90. The van der Waals surface area contributed by atoms with Gasteiger partial charge in [-0.1, -0.05) is 54.8 Å². The van der Waals surface area contributed by atoms with Gasteiger partial charge in [-0.05, 0) is 61.0 Å². The number of carbonyl (C=O) groups is 1. The van der Waals surface area contributed by atoms with E-state index < -0.39 is 0 Å². The van der Waals surface area contributed by atoms with Crippen LogP contribution in [0.15, 0.2) is 95.1 Å². The number of amides is 1. The summed E-state index contributed by atoms with van der Waals surface area (Å²) in [6, 6.07) is 19.4. The van der Waals surface area contributed by atoms with Gasteiger partial charge < -0.3 is 9.15 Å². The van der Waals surface area contributed by atoms with Crippen LogP contribution in [0.25, 0.3) is 23.0 Å². The summed E-state index contributed by atoms with van der Waals surface area (Å²) in [6.07, 6.45) is 7.10. The van der Waals surface area contributed by atoms with Crippen molar-refractivity contribution in [2.24, 2.45) is 0 Å². The summed E-state index contributed by atoms with van der Waals surface area (Å²) in [4.78, 5) is 15.3. The number of para-hydroxylation sites is 1. The van der Waals surface area contributed by atoms with Crippen molar-refractivity contribution in [2.75, 3.05) is 6.61 Å². The Bertz CT molecular complexity index is 1460. The molecule has 0 atom stereocenters. The lowest BCUT2D eigenvalue weighted by Gasteiger charge is -2.12. The minimum absolute atomic E-state index is 0.148. The van der Waals surface area contributed by atoms with E-state index in [0.29, 0.717) is 28.1 Å². The predicted octanol–water partition coefficient (Wildman–Crippen LogP) is 6.41. The maximum atomic E-state index is 13.2. The number of hydrogen-bond donors (Lipinski definition) is 0. The molecular weight excluding hydrogens is 490 g/mol. The maximum absolute atomic E-state index is 13.2. The number of ether oxygens (including phenoxy) is 1. The van der Waals surface area contributed by atoms with E-state index in [1.54, 1.807) is 23.3 Å². The van der Waals surface area contributed by atoms with Crippen molar-refractivity contribution < 1.29 is 13.9 Å². The van der Waals surface area contributed by atoms with Gasteiger partial charge in [0.25, 0.3) is 5.91 Å². The van der Waals surface area contributed by atoms with Crippen LogP contribution in [0.3, 0.4) is 0 Å². The highest BCUT2D eigenvalue weighted by Gasteiger charge is 2.33. The molecule has 6 nitrogen and oxygen atoms in total. The van der Waals surface area contributed by atoms with Crippen LogP contribution in [0.4, 0.5) is 0 Å². The number of rotatable bonds is 8. The second-order valence-electron chi connectivity index (χ2n) is 8.14. The second kappa shape index (κ2) is 10.4. The summed E-state index contributed by atoms with van der Waals surface area (Å²) in [5, 5.41) is 4.90. The normalized spacial score (nSPS) is 14.6. The zero-order valence-electron chi connectivity index (χ0n) is 19.6. The Morgan fingerprint density at radius 2 is 2.00 bits per heavy atom. The number of furan rings is 1. The zero-order chi connectivity index (χ0) is 25.1. The molecule has 2 aromatic heterocycles.